The van der Waals surface area contributed by atoms with Crippen LogP contribution in [0.5, 0.6) is 0 Å². The molecule has 4 rings (SSSR count). The lowest BCUT2D eigenvalue weighted by Crippen LogP contribution is -2.43. The first-order valence-electron chi connectivity index (χ1n) is 9.12. The molecule has 0 unspecified atom stereocenters. The molecule has 0 aromatic carbocycles. The molecule has 1 spiro atoms. The largest absolute Gasteiger partial charge is 0.372 e. The summed E-state index contributed by atoms with van der Waals surface area (Å²) in [5.74, 6) is 0. The molecule has 2 aliphatic rings. The Balaban J connectivity index is 1.25. The molecule has 0 bridgehead atoms. The van der Waals surface area contributed by atoms with E-state index in [1.54, 1.807) is 6.20 Å². The number of aromatic nitrogens is 1. The Bertz CT molecular complexity index is 680. The fourth-order valence-corrected chi connectivity index (χ4v) is 4.79. The van der Waals surface area contributed by atoms with Gasteiger partial charge in [0.25, 0.3) is 0 Å². The number of nitrogens with zero attached hydrogens (tertiary/aromatic N) is 2. The summed E-state index contributed by atoms with van der Waals surface area (Å²) in [6.07, 6.45) is 7.14. The molecule has 0 N–H and O–H groups in total. The first kappa shape index (κ1) is 17.2. The van der Waals surface area contributed by atoms with Gasteiger partial charge in [0.2, 0.25) is 0 Å². The molecule has 2 aromatic heterocycles. The van der Waals surface area contributed by atoms with Crippen LogP contribution in [-0.2, 0) is 22.6 Å². The molecule has 4 heterocycles. The van der Waals surface area contributed by atoms with Crippen LogP contribution in [0.3, 0.4) is 0 Å². The lowest BCUT2D eigenvalue weighted by atomic mass is 9.88. The minimum atomic E-state index is 0.0423. The second kappa shape index (κ2) is 7.54. The normalized spacial score (nSPS) is 23.3. The second-order valence-electron chi connectivity index (χ2n) is 7.30. The van der Waals surface area contributed by atoms with Gasteiger partial charge in [-0.25, -0.2) is 0 Å². The lowest BCUT2D eigenvalue weighted by molar-refractivity contribution is -0.0467. The predicted molar refractivity (Wildman–Crippen MR) is 99.7 cm³/mol. The predicted octanol–water partition coefficient (Wildman–Crippen LogP) is 3.79. The summed E-state index contributed by atoms with van der Waals surface area (Å²) >= 11 is 1.87. The Kier molecular flexibility index (Phi) is 5.17. The number of thiophene rings is 1. The Morgan fingerprint density at radius 1 is 1.36 bits per heavy atom. The van der Waals surface area contributed by atoms with E-state index in [4.69, 9.17) is 9.47 Å². The van der Waals surface area contributed by atoms with Gasteiger partial charge in [0.05, 0.1) is 24.9 Å². The molecule has 2 aromatic rings. The van der Waals surface area contributed by atoms with Crippen molar-refractivity contribution < 1.29 is 9.47 Å². The van der Waals surface area contributed by atoms with Crippen LogP contribution in [0.25, 0.3) is 0 Å². The van der Waals surface area contributed by atoms with Crippen molar-refractivity contribution in [2.45, 2.75) is 51.0 Å². The zero-order valence-corrected chi connectivity index (χ0v) is 15.6. The minimum Gasteiger partial charge on any atom is -0.372 e. The van der Waals surface area contributed by atoms with Crippen molar-refractivity contribution in [3.63, 3.8) is 0 Å². The van der Waals surface area contributed by atoms with Crippen molar-refractivity contribution in [1.29, 1.82) is 0 Å². The topological polar surface area (TPSA) is 34.6 Å². The quantitative estimate of drug-likeness (QED) is 0.814. The van der Waals surface area contributed by atoms with E-state index in [1.165, 1.54) is 10.4 Å². The highest BCUT2D eigenvalue weighted by Crippen LogP contribution is 2.37. The molecule has 134 valence electrons. The van der Waals surface area contributed by atoms with E-state index in [0.29, 0.717) is 6.61 Å². The second-order valence-corrected chi connectivity index (χ2v) is 8.30. The summed E-state index contributed by atoms with van der Waals surface area (Å²) in [6.45, 7) is 6.88. The SMILES string of the molecule is Cc1ccsc1CN1CCC2(CC1)C[C@@H](OCc1cccnc1)CO2. The van der Waals surface area contributed by atoms with E-state index in [1.807, 2.05) is 23.6 Å². The van der Waals surface area contributed by atoms with Gasteiger partial charge in [-0.2, -0.15) is 0 Å². The standard InChI is InChI=1S/C20H26N2O2S/c1-16-4-10-25-19(16)13-22-8-5-20(6-9-22)11-18(15-24-20)23-14-17-3-2-7-21-12-17/h2-4,7,10,12,18H,5-6,8-9,11,13-15H2,1H3/t18-/m1/s1. The average Bonchev–Trinajstić information content (AvgIpc) is 3.23. The highest BCUT2D eigenvalue weighted by atomic mass is 32.1. The maximum Gasteiger partial charge on any atom is 0.0840 e. The fourth-order valence-electron chi connectivity index (χ4n) is 3.84. The van der Waals surface area contributed by atoms with Crippen LogP contribution in [0.1, 0.15) is 35.3 Å². The third kappa shape index (κ3) is 4.11. The Labute approximate surface area is 153 Å². The number of rotatable bonds is 5. The van der Waals surface area contributed by atoms with Crippen LogP contribution in [0, 0.1) is 6.92 Å². The van der Waals surface area contributed by atoms with Gasteiger partial charge in [-0.05, 0) is 48.4 Å². The zero-order valence-electron chi connectivity index (χ0n) is 14.8. The van der Waals surface area contributed by atoms with Crippen LogP contribution >= 0.6 is 11.3 Å². The molecule has 0 aliphatic carbocycles. The Morgan fingerprint density at radius 3 is 2.96 bits per heavy atom. The molecule has 2 aliphatic heterocycles. The van der Waals surface area contributed by atoms with Gasteiger partial charge in [0, 0.05) is 43.3 Å². The van der Waals surface area contributed by atoms with Gasteiger partial charge in [-0.1, -0.05) is 6.07 Å². The first-order valence-corrected chi connectivity index (χ1v) is 10.0. The third-order valence-electron chi connectivity index (χ3n) is 5.49. The molecule has 5 heteroatoms. The maximum atomic E-state index is 6.23. The molecular formula is C20H26N2O2S. The van der Waals surface area contributed by atoms with Crippen molar-refractivity contribution in [2.75, 3.05) is 19.7 Å². The molecule has 4 nitrogen and oxygen atoms in total. The van der Waals surface area contributed by atoms with Crippen molar-refractivity contribution >= 4 is 11.3 Å². The highest BCUT2D eigenvalue weighted by Gasteiger charge is 2.43. The molecule has 0 saturated carbocycles. The summed E-state index contributed by atoms with van der Waals surface area (Å²) in [5, 5.41) is 2.19. The van der Waals surface area contributed by atoms with E-state index in [2.05, 4.69) is 34.3 Å². The van der Waals surface area contributed by atoms with E-state index >= 15 is 0 Å². The zero-order chi connectivity index (χ0) is 17.1. The first-order chi connectivity index (χ1) is 12.2. The van der Waals surface area contributed by atoms with Gasteiger partial charge in [-0.3, -0.25) is 9.88 Å². The van der Waals surface area contributed by atoms with Gasteiger partial charge in [0.15, 0.2) is 0 Å². The van der Waals surface area contributed by atoms with Crippen LogP contribution in [0.15, 0.2) is 36.0 Å². The smallest absolute Gasteiger partial charge is 0.0840 e. The number of piperidine rings is 1. The summed E-state index contributed by atoms with van der Waals surface area (Å²) in [7, 11) is 0. The number of hydrogen-bond acceptors (Lipinski definition) is 5. The molecule has 1 atom stereocenters. The monoisotopic (exact) mass is 358 g/mol. The van der Waals surface area contributed by atoms with Gasteiger partial charge in [-0.15, -0.1) is 11.3 Å². The third-order valence-corrected chi connectivity index (χ3v) is 6.49. The van der Waals surface area contributed by atoms with Gasteiger partial charge in [0.1, 0.15) is 0 Å². The average molecular weight is 359 g/mol. The van der Waals surface area contributed by atoms with Gasteiger partial charge >= 0.3 is 0 Å². The molecule has 0 radical (unpaired) electrons. The molecular weight excluding hydrogens is 332 g/mol. The minimum absolute atomic E-state index is 0.0423. The maximum absolute atomic E-state index is 6.23. The summed E-state index contributed by atoms with van der Waals surface area (Å²) < 4.78 is 12.3. The number of hydrogen-bond donors (Lipinski definition) is 0. The number of likely N-dealkylation sites (tertiary alicyclic amines) is 1. The lowest BCUT2D eigenvalue weighted by Gasteiger charge is -2.38. The van der Waals surface area contributed by atoms with E-state index < -0.39 is 0 Å². The van der Waals surface area contributed by atoms with Crippen LogP contribution in [0.2, 0.25) is 0 Å². The highest BCUT2D eigenvalue weighted by molar-refractivity contribution is 7.10. The number of ether oxygens (including phenoxy) is 2. The number of pyridine rings is 1. The summed E-state index contributed by atoms with van der Waals surface area (Å²) in [4.78, 5) is 8.21. The molecule has 25 heavy (non-hydrogen) atoms. The van der Waals surface area contributed by atoms with Crippen molar-refractivity contribution in [3.05, 3.63) is 52.0 Å². The Morgan fingerprint density at radius 2 is 2.24 bits per heavy atom. The van der Waals surface area contributed by atoms with E-state index in [0.717, 1.165) is 51.1 Å². The van der Waals surface area contributed by atoms with E-state index in [9.17, 15) is 0 Å². The molecule has 2 fully saturated rings. The van der Waals surface area contributed by atoms with Crippen LogP contribution in [-0.4, -0.2) is 41.3 Å². The summed E-state index contributed by atoms with van der Waals surface area (Å²) in [5.41, 5.74) is 2.59. The van der Waals surface area contributed by atoms with E-state index in [-0.39, 0.29) is 11.7 Å². The fraction of sp³-hybridized carbons (Fsp3) is 0.550. The van der Waals surface area contributed by atoms with Crippen molar-refractivity contribution in [3.8, 4) is 0 Å². The number of aryl methyl sites for hydroxylation is 1. The molecule has 2 saturated heterocycles. The van der Waals surface area contributed by atoms with Crippen molar-refractivity contribution in [2.24, 2.45) is 0 Å². The van der Waals surface area contributed by atoms with Crippen LogP contribution < -0.4 is 0 Å². The van der Waals surface area contributed by atoms with Crippen molar-refractivity contribution in [1.82, 2.24) is 9.88 Å². The molecule has 0 amide bonds. The Hall–Kier alpha value is -1.27. The summed E-state index contributed by atoms with van der Waals surface area (Å²) in [6, 6.07) is 6.23. The van der Waals surface area contributed by atoms with Gasteiger partial charge < -0.3 is 9.47 Å². The van der Waals surface area contributed by atoms with Crippen LogP contribution in [0.4, 0.5) is 0 Å².